The summed E-state index contributed by atoms with van der Waals surface area (Å²) < 4.78 is 16.5. The summed E-state index contributed by atoms with van der Waals surface area (Å²) in [5.74, 6) is 0.0831. The summed E-state index contributed by atoms with van der Waals surface area (Å²) in [5, 5.41) is 4.12. The predicted octanol–water partition coefficient (Wildman–Crippen LogP) is 5.87. The van der Waals surface area contributed by atoms with E-state index in [0.29, 0.717) is 46.9 Å². The van der Waals surface area contributed by atoms with E-state index >= 15 is 4.39 Å². The van der Waals surface area contributed by atoms with E-state index in [1.165, 1.54) is 23.8 Å². The fraction of sp³-hybridized carbons (Fsp3) is 0.406. The maximum Gasteiger partial charge on any atom is 0.354 e. The summed E-state index contributed by atoms with van der Waals surface area (Å²) in [5.41, 5.74) is 14.9. The number of benzene rings is 2. The molecule has 0 bridgehead atoms. The lowest BCUT2D eigenvalue weighted by Gasteiger charge is -2.09. The van der Waals surface area contributed by atoms with Crippen LogP contribution in [-0.2, 0) is 13.0 Å². The van der Waals surface area contributed by atoms with Crippen LogP contribution in [0.15, 0.2) is 58.4 Å². The van der Waals surface area contributed by atoms with Crippen LogP contribution in [0.25, 0.3) is 28.0 Å². The van der Waals surface area contributed by atoms with Crippen molar-refractivity contribution in [3.8, 4) is 16.9 Å². The molecule has 0 radical (unpaired) electrons. The molecule has 4 aromatic rings. The minimum Gasteiger partial charge on any atom is -0.388 e. The van der Waals surface area contributed by atoms with Gasteiger partial charge in [-0.25, -0.2) is 9.18 Å². The molecule has 2 aromatic carbocycles. The Morgan fingerprint density at radius 1 is 1.17 bits per heavy atom. The highest BCUT2D eigenvalue weighted by molar-refractivity contribution is 6.31. The number of amidine groups is 1. The Morgan fingerprint density at radius 2 is 1.90 bits per heavy atom. The molecule has 1 aliphatic rings. The maximum absolute atomic E-state index is 15.0. The Hall–Kier alpha value is -3.53. The molecular formula is C32H41ClFN7O. The van der Waals surface area contributed by atoms with Gasteiger partial charge in [0.1, 0.15) is 5.65 Å². The highest BCUT2D eigenvalue weighted by Gasteiger charge is 2.15. The molecule has 1 fully saturated rings. The second-order valence-electron chi connectivity index (χ2n) is 11.0. The molecule has 5 rings (SSSR count). The molecule has 0 saturated heterocycles. The van der Waals surface area contributed by atoms with Gasteiger partial charge in [0.2, 0.25) is 0 Å². The predicted molar refractivity (Wildman–Crippen MR) is 171 cm³/mol. The van der Waals surface area contributed by atoms with Crippen LogP contribution in [0.3, 0.4) is 0 Å². The van der Waals surface area contributed by atoms with Gasteiger partial charge in [0.15, 0.2) is 5.82 Å². The fourth-order valence-corrected chi connectivity index (χ4v) is 4.65. The quantitative estimate of drug-likeness (QED) is 0.0928. The SMILES string of the molecule is C1CC1.CC(N)=NCCCNCc1ccc(-n2cc3cc(-c4cc(CCCC(C)N)cc(Cl)c4F)[nH]c3nc2=O)cc1. The van der Waals surface area contributed by atoms with Gasteiger partial charge in [0.25, 0.3) is 0 Å². The Labute approximate surface area is 251 Å². The third-order valence-electron chi connectivity index (χ3n) is 6.78. The lowest BCUT2D eigenvalue weighted by Crippen LogP contribution is -2.20. The fourth-order valence-electron chi connectivity index (χ4n) is 4.40. The van der Waals surface area contributed by atoms with Crippen molar-refractivity contribution in [1.82, 2.24) is 19.9 Å². The number of nitrogens with two attached hydrogens (primary N) is 2. The zero-order valence-electron chi connectivity index (χ0n) is 24.4. The van der Waals surface area contributed by atoms with Gasteiger partial charge in [-0.2, -0.15) is 4.98 Å². The van der Waals surface area contributed by atoms with Crippen molar-refractivity contribution < 1.29 is 4.39 Å². The molecule has 8 nitrogen and oxygen atoms in total. The topological polar surface area (TPSA) is 127 Å². The van der Waals surface area contributed by atoms with E-state index in [1.807, 2.05) is 31.2 Å². The van der Waals surface area contributed by atoms with Gasteiger partial charge in [0, 0.05) is 36.3 Å². The molecule has 0 amide bonds. The summed E-state index contributed by atoms with van der Waals surface area (Å²) in [4.78, 5) is 24.3. The molecule has 6 N–H and O–H groups in total. The number of aliphatic imine (C=N–C) groups is 1. The zero-order valence-corrected chi connectivity index (χ0v) is 25.2. The average Bonchev–Trinajstić information content (AvgIpc) is 3.78. The molecule has 10 heteroatoms. The Morgan fingerprint density at radius 3 is 2.57 bits per heavy atom. The van der Waals surface area contributed by atoms with Crippen LogP contribution in [0.2, 0.25) is 5.02 Å². The average molecular weight is 594 g/mol. The first kappa shape index (κ1) is 31.4. The van der Waals surface area contributed by atoms with Crippen molar-refractivity contribution in [1.29, 1.82) is 0 Å². The summed E-state index contributed by atoms with van der Waals surface area (Å²) in [6, 6.07) is 13.0. The summed E-state index contributed by atoms with van der Waals surface area (Å²) in [6.07, 6.45) is 9.61. The van der Waals surface area contributed by atoms with E-state index in [4.69, 9.17) is 23.1 Å². The van der Waals surface area contributed by atoms with E-state index in [9.17, 15) is 4.79 Å². The molecule has 42 heavy (non-hydrogen) atoms. The maximum atomic E-state index is 15.0. The second kappa shape index (κ2) is 15.1. The van der Waals surface area contributed by atoms with Crippen molar-refractivity contribution in [2.75, 3.05) is 13.1 Å². The van der Waals surface area contributed by atoms with E-state index < -0.39 is 11.5 Å². The summed E-state index contributed by atoms with van der Waals surface area (Å²) >= 11 is 6.22. The Kier molecular flexibility index (Phi) is 11.3. The van der Waals surface area contributed by atoms with Crippen LogP contribution in [-0.4, -0.2) is 39.5 Å². The molecule has 0 spiro atoms. The molecule has 1 atom stereocenters. The number of nitrogens with zero attached hydrogens (tertiary/aromatic N) is 3. The van der Waals surface area contributed by atoms with Crippen LogP contribution in [0, 0.1) is 5.82 Å². The van der Waals surface area contributed by atoms with Gasteiger partial charge in [-0.3, -0.25) is 9.56 Å². The third kappa shape index (κ3) is 9.24. The number of fused-ring (bicyclic) bond motifs is 1. The molecule has 0 aliphatic heterocycles. The first-order chi connectivity index (χ1) is 20.2. The number of halogens is 2. The number of rotatable bonds is 12. The lowest BCUT2D eigenvalue weighted by molar-refractivity contribution is 0.618. The van der Waals surface area contributed by atoms with Crippen molar-refractivity contribution in [2.45, 2.75) is 71.4 Å². The largest absolute Gasteiger partial charge is 0.388 e. The van der Waals surface area contributed by atoms with Gasteiger partial charge in [-0.05, 0) is 87.5 Å². The number of nitrogens with one attached hydrogen (secondary N) is 2. The smallest absolute Gasteiger partial charge is 0.354 e. The number of aromatic amines is 1. The van der Waals surface area contributed by atoms with E-state index in [0.717, 1.165) is 43.4 Å². The number of aromatic nitrogens is 3. The minimum atomic E-state index is -0.513. The van der Waals surface area contributed by atoms with Crippen LogP contribution in [0.5, 0.6) is 0 Å². The summed E-state index contributed by atoms with van der Waals surface area (Å²) in [6.45, 7) is 5.98. The molecule has 1 aliphatic carbocycles. The normalized spacial score (nSPS) is 13.6. The van der Waals surface area contributed by atoms with Gasteiger partial charge >= 0.3 is 5.69 Å². The first-order valence-electron chi connectivity index (χ1n) is 14.6. The Bertz CT molecular complexity index is 1550. The molecular weight excluding hydrogens is 553 g/mol. The van der Waals surface area contributed by atoms with Crippen molar-refractivity contribution in [3.05, 3.63) is 81.1 Å². The van der Waals surface area contributed by atoms with E-state index in [1.54, 1.807) is 31.3 Å². The first-order valence-corrected chi connectivity index (χ1v) is 15.0. The van der Waals surface area contributed by atoms with Gasteiger partial charge in [0.05, 0.1) is 22.2 Å². The van der Waals surface area contributed by atoms with E-state index in [-0.39, 0.29) is 11.1 Å². The number of hydrogen-bond donors (Lipinski definition) is 4. The third-order valence-corrected chi connectivity index (χ3v) is 7.06. The van der Waals surface area contributed by atoms with Gasteiger partial charge in [-0.1, -0.05) is 43.0 Å². The van der Waals surface area contributed by atoms with Crippen molar-refractivity contribution >= 4 is 28.5 Å². The molecule has 1 unspecified atom stereocenters. The van der Waals surface area contributed by atoms with Gasteiger partial charge in [-0.15, -0.1) is 0 Å². The molecule has 2 aromatic heterocycles. The number of hydrogen-bond acceptors (Lipinski definition) is 5. The highest BCUT2D eigenvalue weighted by atomic mass is 35.5. The number of H-pyrrole nitrogens is 1. The highest BCUT2D eigenvalue weighted by Crippen LogP contribution is 2.31. The number of aryl methyl sites for hydroxylation is 1. The molecule has 2 heterocycles. The van der Waals surface area contributed by atoms with Crippen LogP contribution in [0.1, 0.15) is 63.5 Å². The molecule has 1 saturated carbocycles. The van der Waals surface area contributed by atoms with Crippen LogP contribution >= 0.6 is 11.6 Å². The Balaban J connectivity index is 0.00000127. The van der Waals surface area contributed by atoms with Gasteiger partial charge < -0.3 is 21.8 Å². The second-order valence-corrected chi connectivity index (χ2v) is 11.4. The van der Waals surface area contributed by atoms with Crippen LogP contribution < -0.4 is 22.5 Å². The van der Waals surface area contributed by atoms with Crippen LogP contribution in [0.4, 0.5) is 4.39 Å². The van der Waals surface area contributed by atoms with Crippen molar-refractivity contribution in [2.24, 2.45) is 16.5 Å². The lowest BCUT2D eigenvalue weighted by atomic mass is 10.0. The monoisotopic (exact) mass is 593 g/mol. The van der Waals surface area contributed by atoms with E-state index in [2.05, 4.69) is 20.3 Å². The minimum absolute atomic E-state index is 0.0585. The molecule has 224 valence electrons. The zero-order chi connectivity index (χ0) is 30.1. The van der Waals surface area contributed by atoms with Crippen molar-refractivity contribution in [3.63, 3.8) is 0 Å². The summed E-state index contributed by atoms with van der Waals surface area (Å²) in [7, 11) is 0. The standard InChI is InChI=1S/C29H35ClFN7O.C3H6/c1-18(32)5-3-6-21-13-24(27(31)25(30)14-21)26-15-22-17-38(29(39)37-28(22)36-26)23-9-7-20(8-10-23)16-34-11-4-12-35-19(2)33;1-2-3-1/h7-10,13-15,17-18,34H,3-6,11-12,16,32H2,1-2H3,(H2,33,35)(H,36,37,39);1-3H2.